The van der Waals surface area contributed by atoms with Gasteiger partial charge < -0.3 is 0 Å². The average Bonchev–Trinajstić information content (AvgIpc) is 2.36. The molecule has 1 atom stereocenters. The van der Waals surface area contributed by atoms with Gasteiger partial charge in [-0.25, -0.2) is 5.43 Å². The number of hydrazine groups is 1. The highest BCUT2D eigenvalue weighted by Crippen LogP contribution is 2.32. The van der Waals surface area contributed by atoms with Crippen molar-refractivity contribution in [3.8, 4) is 0 Å². The molecular weight excluding hydrogens is 324 g/mol. The fraction of sp³-hybridized carbons (Fsp3) is 0.467. The van der Waals surface area contributed by atoms with E-state index >= 15 is 0 Å². The predicted molar refractivity (Wildman–Crippen MR) is 85.0 cm³/mol. The molecule has 0 saturated heterocycles. The van der Waals surface area contributed by atoms with Gasteiger partial charge in [0, 0.05) is 4.47 Å². The molecule has 2 nitrogen and oxygen atoms in total. The van der Waals surface area contributed by atoms with Gasteiger partial charge in [-0.05, 0) is 59.3 Å². The van der Waals surface area contributed by atoms with Crippen molar-refractivity contribution in [1.82, 2.24) is 5.43 Å². The van der Waals surface area contributed by atoms with Crippen LogP contribution in [-0.4, -0.2) is 0 Å². The van der Waals surface area contributed by atoms with E-state index in [1.54, 1.807) is 0 Å². The van der Waals surface area contributed by atoms with Crippen molar-refractivity contribution in [3.05, 3.63) is 44.9 Å². The lowest BCUT2D eigenvalue weighted by atomic mass is 9.91. The molecule has 1 aliphatic carbocycles. The summed E-state index contributed by atoms with van der Waals surface area (Å²) in [6.07, 6.45) is 9.82. The third-order valence-corrected chi connectivity index (χ3v) is 4.85. The number of benzene rings is 1. The Bertz CT molecular complexity index is 459. The summed E-state index contributed by atoms with van der Waals surface area (Å²) < 4.78 is 0.915. The molecular formula is C15H20BrClN2. The highest BCUT2D eigenvalue weighted by atomic mass is 79.9. The maximum Gasteiger partial charge on any atom is 0.0670 e. The molecule has 1 aliphatic rings. The summed E-state index contributed by atoms with van der Waals surface area (Å²) in [5.74, 6) is 5.77. The monoisotopic (exact) mass is 342 g/mol. The first-order chi connectivity index (χ1) is 9.22. The summed E-state index contributed by atoms with van der Waals surface area (Å²) in [5, 5.41) is 0.728. The SMILES string of the molecule is NNC(/C1=C/CCCCCC1)c1ccc(Cl)c(Br)c1. The van der Waals surface area contributed by atoms with Gasteiger partial charge in [0.15, 0.2) is 0 Å². The molecule has 4 heteroatoms. The van der Waals surface area contributed by atoms with Gasteiger partial charge in [0.25, 0.3) is 0 Å². The standard InChI is InChI=1S/C15H20BrClN2/c16-13-10-12(8-9-14(13)17)15(19-18)11-6-4-2-1-3-5-7-11/h6,8-10,15,19H,1-5,7,18H2/b11-6+. The molecule has 2 rings (SSSR count). The van der Waals surface area contributed by atoms with Crippen molar-refractivity contribution in [2.24, 2.45) is 5.84 Å². The fourth-order valence-corrected chi connectivity index (χ4v) is 3.10. The van der Waals surface area contributed by atoms with Crippen LogP contribution in [0, 0.1) is 0 Å². The molecule has 0 aliphatic heterocycles. The number of hydrogen-bond donors (Lipinski definition) is 2. The van der Waals surface area contributed by atoms with Gasteiger partial charge in [0.1, 0.15) is 0 Å². The van der Waals surface area contributed by atoms with Gasteiger partial charge in [-0.2, -0.15) is 0 Å². The van der Waals surface area contributed by atoms with Crippen molar-refractivity contribution in [1.29, 1.82) is 0 Å². The van der Waals surface area contributed by atoms with E-state index < -0.39 is 0 Å². The molecule has 1 unspecified atom stereocenters. The highest BCUT2D eigenvalue weighted by molar-refractivity contribution is 9.10. The van der Waals surface area contributed by atoms with E-state index in [0.717, 1.165) is 27.9 Å². The quantitative estimate of drug-likeness (QED) is 0.466. The van der Waals surface area contributed by atoms with Gasteiger partial charge >= 0.3 is 0 Å². The summed E-state index contributed by atoms with van der Waals surface area (Å²) in [4.78, 5) is 0. The second-order valence-electron chi connectivity index (χ2n) is 5.01. The Morgan fingerprint density at radius 3 is 2.74 bits per heavy atom. The Morgan fingerprint density at radius 2 is 2.00 bits per heavy atom. The Hall–Kier alpha value is -0.350. The van der Waals surface area contributed by atoms with Crippen LogP contribution in [0.4, 0.5) is 0 Å². The summed E-state index contributed by atoms with van der Waals surface area (Å²) in [7, 11) is 0. The maximum absolute atomic E-state index is 6.05. The normalized spacial score (nSPS) is 21.1. The van der Waals surface area contributed by atoms with Crippen molar-refractivity contribution < 1.29 is 0 Å². The van der Waals surface area contributed by atoms with Crippen LogP contribution in [0.2, 0.25) is 5.02 Å². The maximum atomic E-state index is 6.05. The van der Waals surface area contributed by atoms with Crippen LogP contribution in [0.25, 0.3) is 0 Å². The van der Waals surface area contributed by atoms with E-state index in [4.69, 9.17) is 17.4 Å². The van der Waals surface area contributed by atoms with Gasteiger partial charge in [0.2, 0.25) is 0 Å². The van der Waals surface area contributed by atoms with E-state index in [0.29, 0.717) is 0 Å². The molecule has 0 bridgehead atoms. The zero-order valence-corrected chi connectivity index (χ0v) is 13.3. The molecule has 0 fully saturated rings. The van der Waals surface area contributed by atoms with Crippen LogP contribution in [-0.2, 0) is 0 Å². The summed E-state index contributed by atoms with van der Waals surface area (Å²) in [6.45, 7) is 0. The van der Waals surface area contributed by atoms with E-state index in [-0.39, 0.29) is 6.04 Å². The Balaban J connectivity index is 2.24. The van der Waals surface area contributed by atoms with E-state index in [1.165, 1.54) is 31.3 Å². The second kappa shape index (κ2) is 7.44. The zero-order valence-electron chi connectivity index (χ0n) is 11.0. The molecule has 0 heterocycles. The molecule has 1 aromatic carbocycles. The molecule has 19 heavy (non-hydrogen) atoms. The number of hydrogen-bond acceptors (Lipinski definition) is 2. The molecule has 0 saturated carbocycles. The van der Waals surface area contributed by atoms with Gasteiger partial charge in [-0.15, -0.1) is 0 Å². The van der Waals surface area contributed by atoms with E-state index in [9.17, 15) is 0 Å². The van der Waals surface area contributed by atoms with Crippen molar-refractivity contribution in [2.45, 2.75) is 44.6 Å². The predicted octanol–water partition coefficient (Wildman–Crippen LogP) is 4.89. The second-order valence-corrected chi connectivity index (χ2v) is 6.27. The Kier molecular flexibility index (Phi) is 5.89. The van der Waals surface area contributed by atoms with Crippen LogP contribution < -0.4 is 11.3 Å². The molecule has 0 aromatic heterocycles. The van der Waals surface area contributed by atoms with Crippen LogP contribution in [0.3, 0.4) is 0 Å². The fourth-order valence-electron chi connectivity index (χ4n) is 2.59. The lowest BCUT2D eigenvalue weighted by Crippen LogP contribution is -2.29. The zero-order chi connectivity index (χ0) is 13.7. The largest absolute Gasteiger partial charge is 0.271 e. The molecule has 3 N–H and O–H groups in total. The van der Waals surface area contributed by atoms with E-state index in [1.807, 2.05) is 18.2 Å². The average molecular weight is 344 g/mol. The smallest absolute Gasteiger partial charge is 0.0670 e. The van der Waals surface area contributed by atoms with Crippen molar-refractivity contribution >= 4 is 27.5 Å². The molecule has 104 valence electrons. The number of rotatable bonds is 3. The van der Waals surface area contributed by atoms with Gasteiger partial charge in [-0.3, -0.25) is 5.84 Å². The minimum atomic E-state index is 0.0895. The number of nitrogens with two attached hydrogens (primary N) is 1. The lowest BCUT2D eigenvalue weighted by molar-refractivity contribution is 0.555. The Morgan fingerprint density at radius 1 is 1.21 bits per heavy atom. The topological polar surface area (TPSA) is 38.0 Å². The third kappa shape index (κ3) is 4.06. The van der Waals surface area contributed by atoms with Gasteiger partial charge in [-0.1, -0.05) is 42.2 Å². The number of halogens is 2. The van der Waals surface area contributed by atoms with Gasteiger partial charge in [0.05, 0.1) is 11.1 Å². The number of allylic oxidation sites excluding steroid dienone is 1. The summed E-state index contributed by atoms with van der Waals surface area (Å²) >= 11 is 9.52. The minimum absolute atomic E-state index is 0.0895. The lowest BCUT2D eigenvalue weighted by Gasteiger charge is -2.22. The molecule has 0 amide bonds. The van der Waals surface area contributed by atoms with Crippen molar-refractivity contribution in [2.75, 3.05) is 0 Å². The van der Waals surface area contributed by atoms with Crippen molar-refractivity contribution in [3.63, 3.8) is 0 Å². The first kappa shape index (κ1) is 15.0. The summed E-state index contributed by atoms with van der Waals surface area (Å²) in [5.41, 5.74) is 5.51. The first-order valence-corrected chi connectivity index (χ1v) is 7.99. The Labute approximate surface area is 128 Å². The van der Waals surface area contributed by atoms with E-state index in [2.05, 4.69) is 27.4 Å². The van der Waals surface area contributed by atoms with Crippen LogP contribution in [0.5, 0.6) is 0 Å². The summed E-state index contributed by atoms with van der Waals surface area (Å²) in [6, 6.07) is 6.09. The van der Waals surface area contributed by atoms with Crippen LogP contribution >= 0.6 is 27.5 Å². The molecule has 0 spiro atoms. The van der Waals surface area contributed by atoms with Crippen LogP contribution in [0.15, 0.2) is 34.3 Å². The van der Waals surface area contributed by atoms with Crippen LogP contribution in [0.1, 0.15) is 50.1 Å². The molecule has 1 aromatic rings. The minimum Gasteiger partial charge on any atom is -0.271 e. The molecule has 0 radical (unpaired) electrons. The third-order valence-electron chi connectivity index (χ3n) is 3.64. The first-order valence-electron chi connectivity index (χ1n) is 6.82. The number of nitrogens with one attached hydrogen (secondary N) is 1. The highest BCUT2D eigenvalue weighted by Gasteiger charge is 2.16.